The zero-order chi connectivity index (χ0) is 24.3. The van der Waals surface area contributed by atoms with Crippen LogP contribution in [0.3, 0.4) is 0 Å². The maximum absolute atomic E-state index is 12.6. The summed E-state index contributed by atoms with van der Waals surface area (Å²) in [6, 6.07) is 9.81. The number of rotatable bonds is 12. The molecular formula is C26H38ClN5OS. The van der Waals surface area contributed by atoms with E-state index in [4.69, 9.17) is 16.6 Å². The molecule has 6 nitrogen and oxygen atoms in total. The monoisotopic (exact) mass is 503 g/mol. The van der Waals surface area contributed by atoms with Crippen LogP contribution < -0.4 is 10.2 Å². The molecular weight excluding hydrogens is 466 g/mol. The summed E-state index contributed by atoms with van der Waals surface area (Å²) < 4.78 is 0. The Labute approximate surface area is 213 Å². The van der Waals surface area contributed by atoms with E-state index in [1.165, 1.54) is 19.3 Å². The molecule has 1 saturated heterocycles. The fourth-order valence-corrected chi connectivity index (χ4v) is 5.21. The molecule has 186 valence electrons. The Balaban J connectivity index is 1.48. The van der Waals surface area contributed by atoms with Crippen molar-refractivity contribution in [1.82, 2.24) is 20.2 Å². The molecule has 1 N–H and O–H groups in total. The molecule has 0 bridgehead atoms. The zero-order valence-corrected chi connectivity index (χ0v) is 22.3. The number of hydrogen-bond acceptors (Lipinski definition) is 6. The first-order valence-electron chi connectivity index (χ1n) is 12.5. The number of benzene rings is 1. The van der Waals surface area contributed by atoms with E-state index in [-0.39, 0.29) is 11.9 Å². The molecule has 0 saturated carbocycles. The summed E-state index contributed by atoms with van der Waals surface area (Å²) in [5.74, 6) is 1.63. The lowest BCUT2D eigenvalue weighted by molar-refractivity contribution is 0.0937. The maximum atomic E-state index is 12.6. The number of piperidine rings is 1. The molecule has 0 radical (unpaired) electrons. The smallest absolute Gasteiger partial charge is 0.251 e. The first kappa shape index (κ1) is 26.8. The molecule has 1 fully saturated rings. The summed E-state index contributed by atoms with van der Waals surface area (Å²) in [6.07, 6.45) is 5.74. The van der Waals surface area contributed by atoms with Crippen LogP contribution in [0.4, 0.5) is 5.82 Å². The lowest BCUT2D eigenvalue weighted by Crippen LogP contribution is -2.33. The van der Waals surface area contributed by atoms with Crippen LogP contribution in [-0.2, 0) is 5.75 Å². The summed E-state index contributed by atoms with van der Waals surface area (Å²) >= 11 is 7.84. The second-order valence-corrected chi connectivity index (χ2v) is 10.2. The maximum Gasteiger partial charge on any atom is 0.251 e. The highest BCUT2D eigenvalue weighted by Gasteiger charge is 2.15. The van der Waals surface area contributed by atoms with Crippen LogP contribution in [-0.4, -0.2) is 59.5 Å². The number of carbonyl (C=O) groups is 1. The first-order chi connectivity index (χ1) is 16.5. The number of hydrogen-bond donors (Lipinski definition) is 1. The third-order valence-electron chi connectivity index (χ3n) is 6.31. The molecule has 0 aliphatic carbocycles. The second-order valence-electron chi connectivity index (χ2n) is 8.91. The number of amides is 1. The van der Waals surface area contributed by atoms with Crippen LogP contribution in [0.5, 0.6) is 0 Å². The van der Waals surface area contributed by atoms with E-state index in [2.05, 4.69) is 40.9 Å². The van der Waals surface area contributed by atoms with Gasteiger partial charge in [0, 0.05) is 36.5 Å². The largest absolute Gasteiger partial charge is 0.356 e. The van der Waals surface area contributed by atoms with E-state index in [0.29, 0.717) is 15.9 Å². The van der Waals surface area contributed by atoms with Crippen molar-refractivity contribution in [2.75, 3.05) is 37.6 Å². The van der Waals surface area contributed by atoms with Gasteiger partial charge in [-0.3, -0.25) is 4.79 Å². The van der Waals surface area contributed by atoms with E-state index < -0.39 is 0 Å². The van der Waals surface area contributed by atoms with Crippen LogP contribution in [0.25, 0.3) is 0 Å². The number of carbonyl (C=O) groups excluding carboxylic acids is 1. The van der Waals surface area contributed by atoms with Crippen LogP contribution in [0.1, 0.15) is 68.8 Å². The Morgan fingerprint density at radius 3 is 2.53 bits per heavy atom. The van der Waals surface area contributed by atoms with Gasteiger partial charge in [0.05, 0.1) is 0 Å². The van der Waals surface area contributed by atoms with Crippen molar-refractivity contribution in [3.05, 3.63) is 46.6 Å². The summed E-state index contributed by atoms with van der Waals surface area (Å²) in [5, 5.41) is 4.30. The van der Waals surface area contributed by atoms with Gasteiger partial charge in [0.15, 0.2) is 5.16 Å². The van der Waals surface area contributed by atoms with Gasteiger partial charge in [-0.25, -0.2) is 9.97 Å². The van der Waals surface area contributed by atoms with Gasteiger partial charge in [-0.05, 0) is 76.4 Å². The molecule has 1 amide bonds. The van der Waals surface area contributed by atoms with Crippen LogP contribution >= 0.6 is 23.4 Å². The quantitative estimate of drug-likeness (QED) is 0.229. The van der Waals surface area contributed by atoms with Crippen molar-refractivity contribution in [2.45, 2.75) is 69.8 Å². The predicted molar refractivity (Wildman–Crippen MR) is 143 cm³/mol. The summed E-state index contributed by atoms with van der Waals surface area (Å²) in [7, 11) is 0. The Hall–Kier alpha value is -1.83. The third kappa shape index (κ3) is 8.43. The van der Waals surface area contributed by atoms with Gasteiger partial charge in [0.1, 0.15) is 11.0 Å². The number of halogens is 1. The Morgan fingerprint density at radius 2 is 1.85 bits per heavy atom. The first-order valence-corrected chi connectivity index (χ1v) is 13.9. The van der Waals surface area contributed by atoms with Crippen molar-refractivity contribution in [1.29, 1.82) is 0 Å². The van der Waals surface area contributed by atoms with E-state index in [9.17, 15) is 4.79 Å². The third-order valence-corrected chi connectivity index (χ3v) is 7.42. The van der Waals surface area contributed by atoms with Gasteiger partial charge in [0.2, 0.25) is 0 Å². The van der Waals surface area contributed by atoms with Gasteiger partial charge >= 0.3 is 0 Å². The number of aromatic nitrogens is 2. The number of nitrogens with zero attached hydrogens (tertiary/aromatic N) is 4. The molecule has 1 unspecified atom stereocenters. The van der Waals surface area contributed by atoms with E-state index in [1.807, 2.05) is 30.3 Å². The van der Waals surface area contributed by atoms with E-state index in [0.717, 1.165) is 62.7 Å². The minimum absolute atomic E-state index is 0.0149. The van der Waals surface area contributed by atoms with Crippen molar-refractivity contribution < 1.29 is 4.79 Å². The van der Waals surface area contributed by atoms with Crippen molar-refractivity contribution >= 4 is 35.1 Å². The second kappa shape index (κ2) is 13.9. The topological polar surface area (TPSA) is 61.4 Å². The number of nitrogens with one attached hydrogen (secondary N) is 1. The van der Waals surface area contributed by atoms with Crippen LogP contribution in [0.15, 0.2) is 35.5 Å². The Kier molecular flexibility index (Phi) is 10.9. The van der Waals surface area contributed by atoms with E-state index in [1.54, 1.807) is 11.8 Å². The molecule has 2 heterocycles. The van der Waals surface area contributed by atoms with Crippen LogP contribution in [0.2, 0.25) is 5.15 Å². The van der Waals surface area contributed by atoms with Crippen LogP contribution in [0, 0.1) is 0 Å². The highest BCUT2D eigenvalue weighted by molar-refractivity contribution is 7.98. The predicted octanol–water partition coefficient (Wildman–Crippen LogP) is 5.65. The molecule has 1 aliphatic heterocycles. The molecule has 3 rings (SSSR count). The number of anilines is 1. The van der Waals surface area contributed by atoms with Crippen molar-refractivity contribution in [3.63, 3.8) is 0 Å². The standard InChI is InChI=1S/C26H38ClN5OS/c1-4-31(5-2)15-9-10-20(3)28-25(33)22-13-11-21(12-14-22)19-34-26-29-23(27)18-24(30-26)32-16-7-6-8-17-32/h11-14,18,20H,4-10,15-17,19H2,1-3H3,(H,28,33). The molecule has 34 heavy (non-hydrogen) atoms. The average molecular weight is 504 g/mol. The fraction of sp³-hybridized carbons (Fsp3) is 0.577. The molecule has 0 spiro atoms. The van der Waals surface area contributed by atoms with Gasteiger partial charge in [-0.1, -0.05) is 49.3 Å². The Bertz CT molecular complexity index is 901. The summed E-state index contributed by atoms with van der Waals surface area (Å²) in [4.78, 5) is 26.4. The highest BCUT2D eigenvalue weighted by Crippen LogP contribution is 2.26. The molecule has 1 aromatic heterocycles. The molecule has 2 aromatic rings. The molecule has 1 aliphatic rings. The SMILES string of the molecule is CCN(CC)CCCC(C)NC(=O)c1ccc(CSc2nc(Cl)cc(N3CCCCC3)n2)cc1. The highest BCUT2D eigenvalue weighted by atomic mass is 35.5. The average Bonchev–Trinajstić information content (AvgIpc) is 2.86. The molecule has 8 heteroatoms. The van der Waals surface area contributed by atoms with E-state index >= 15 is 0 Å². The fourth-order valence-electron chi connectivity index (χ4n) is 4.18. The minimum atomic E-state index is -0.0149. The summed E-state index contributed by atoms with van der Waals surface area (Å²) in [6.45, 7) is 11.7. The summed E-state index contributed by atoms with van der Waals surface area (Å²) in [5.41, 5.74) is 1.81. The molecule has 1 aromatic carbocycles. The zero-order valence-electron chi connectivity index (χ0n) is 20.7. The van der Waals surface area contributed by atoms with Gasteiger partial charge < -0.3 is 15.1 Å². The lowest BCUT2D eigenvalue weighted by atomic mass is 10.1. The van der Waals surface area contributed by atoms with Crippen molar-refractivity contribution in [2.24, 2.45) is 0 Å². The Morgan fingerprint density at radius 1 is 1.15 bits per heavy atom. The van der Waals surface area contributed by atoms with Gasteiger partial charge in [0.25, 0.3) is 5.91 Å². The van der Waals surface area contributed by atoms with Gasteiger partial charge in [-0.2, -0.15) is 0 Å². The molecule has 1 atom stereocenters. The lowest BCUT2D eigenvalue weighted by Gasteiger charge is -2.27. The van der Waals surface area contributed by atoms with Crippen molar-refractivity contribution in [3.8, 4) is 0 Å². The normalized spacial score (nSPS) is 14.9. The number of thioether (sulfide) groups is 1. The minimum Gasteiger partial charge on any atom is -0.356 e. The van der Waals surface area contributed by atoms with Gasteiger partial charge in [-0.15, -0.1) is 0 Å².